The Labute approximate surface area is 130 Å². The molecular formula is C17H12F2N2O2. The normalized spacial score (nSPS) is 19.4. The molecule has 2 aliphatic rings. The summed E-state index contributed by atoms with van der Waals surface area (Å²) in [5, 5.41) is 2.80. The van der Waals surface area contributed by atoms with Crippen molar-refractivity contribution >= 4 is 17.4 Å². The number of carbonyl (C=O) groups excluding carboxylic acids is 2. The molecule has 4 rings (SSSR count). The number of hydrogen-bond acceptors (Lipinski definition) is 3. The minimum Gasteiger partial charge on any atom is -0.346 e. The van der Waals surface area contributed by atoms with E-state index in [0.29, 0.717) is 35.3 Å². The maximum absolute atomic E-state index is 13.6. The second-order valence-electron chi connectivity index (χ2n) is 5.62. The number of benzene rings is 2. The summed E-state index contributed by atoms with van der Waals surface area (Å²) in [6.07, 6.45) is -0.314. The molecule has 0 saturated carbocycles. The summed E-state index contributed by atoms with van der Waals surface area (Å²) in [6, 6.07) is 8.56. The zero-order valence-corrected chi connectivity index (χ0v) is 12.0. The Hall–Kier alpha value is -2.76. The molecule has 2 aromatic rings. The second-order valence-corrected chi connectivity index (χ2v) is 5.62. The Morgan fingerprint density at radius 3 is 2.61 bits per heavy atom. The smallest absolute Gasteiger partial charge is 0.255 e. The molecule has 2 aliphatic heterocycles. The first-order valence-electron chi connectivity index (χ1n) is 7.25. The van der Waals surface area contributed by atoms with Crippen LogP contribution in [0.5, 0.6) is 0 Å². The van der Waals surface area contributed by atoms with Crippen LogP contribution >= 0.6 is 0 Å². The Morgan fingerprint density at radius 2 is 1.83 bits per heavy atom. The van der Waals surface area contributed by atoms with Crippen LogP contribution in [0.4, 0.5) is 14.5 Å². The molecule has 1 amide bonds. The van der Waals surface area contributed by atoms with Gasteiger partial charge in [-0.05, 0) is 29.8 Å². The molecule has 0 spiro atoms. The number of para-hydroxylation sites is 1. The average molecular weight is 314 g/mol. The zero-order chi connectivity index (χ0) is 16.1. The highest BCUT2D eigenvalue weighted by Gasteiger charge is 2.37. The van der Waals surface area contributed by atoms with E-state index in [-0.39, 0.29) is 11.7 Å². The molecule has 0 saturated heterocycles. The molecule has 1 unspecified atom stereocenters. The maximum atomic E-state index is 13.6. The monoisotopic (exact) mass is 314 g/mol. The van der Waals surface area contributed by atoms with Gasteiger partial charge in [-0.15, -0.1) is 0 Å². The molecular weight excluding hydrogens is 302 g/mol. The number of halogens is 2. The molecule has 0 aliphatic carbocycles. The van der Waals surface area contributed by atoms with Crippen molar-refractivity contribution in [2.24, 2.45) is 0 Å². The van der Waals surface area contributed by atoms with Crippen molar-refractivity contribution in [3.8, 4) is 0 Å². The van der Waals surface area contributed by atoms with Crippen LogP contribution in [0.25, 0.3) is 0 Å². The van der Waals surface area contributed by atoms with Crippen LogP contribution in [0.3, 0.4) is 0 Å². The van der Waals surface area contributed by atoms with Gasteiger partial charge in [-0.2, -0.15) is 0 Å². The van der Waals surface area contributed by atoms with Crippen LogP contribution in [0, 0.1) is 11.6 Å². The summed E-state index contributed by atoms with van der Waals surface area (Å²) in [6.45, 7) is 0.410. The van der Waals surface area contributed by atoms with Crippen molar-refractivity contribution in [3.63, 3.8) is 0 Å². The Morgan fingerprint density at radius 1 is 1.04 bits per heavy atom. The highest BCUT2D eigenvalue weighted by atomic mass is 19.2. The van der Waals surface area contributed by atoms with Gasteiger partial charge < -0.3 is 10.2 Å². The van der Waals surface area contributed by atoms with E-state index < -0.39 is 17.8 Å². The number of anilines is 1. The third-order valence-electron chi connectivity index (χ3n) is 4.29. The largest absolute Gasteiger partial charge is 0.346 e. The Bertz CT molecular complexity index is 836. The topological polar surface area (TPSA) is 49.4 Å². The molecule has 0 aromatic heterocycles. The van der Waals surface area contributed by atoms with Crippen molar-refractivity contribution in [2.75, 3.05) is 11.4 Å². The van der Waals surface area contributed by atoms with Gasteiger partial charge in [0.15, 0.2) is 17.4 Å². The first-order valence-corrected chi connectivity index (χ1v) is 7.25. The van der Waals surface area contributed by atoms with E-state index in [4.69, 9.17) is 0 Å². The van der Waals surface area contributed by atoms with Gasteiger partial charge in [0.1, 0.15) is 6.17 Å². The molecule has 1 atom stereocenters. The summed E-state index contributed by atoms with van der Waals surface area (Å²) in [5.41, 5.74) is 1.93. The van der Waals surface area contributed by atoms with E-state index in [9.17, 15) is 18.4 Å². The zero-order valence-electron chi connectivity index (χ0n) is 12.0. The van der Waals surface area contributed by atoms with Gasteiger partial charge in [-0.1, -0.05) is 12.1 Å². The predicted octanol–water partition coefficient (Wildman–Crippen LogP) is 2.80. The highest BCUT2D eigenvalue weighted by molar-refractivity contribution is 6.11. The van der Waals surface area contributed by atoms with Crippen molar-refractivity contribution in [1.82, 2.24) is 5.32 Å². The van der Waals surface area contributed by atoms with Gasteiger partial charge in [-0.3, -0.25) is 9.59 Å². The summed E-state index contributed by atoms with van der Waals surface area (Å²) < 4.78 is 26.7. The van der Waals surface area contributed by atoms with Gasteiger partial charge in [0.2, 0.25) is 0 Å². The van der Waals surface area contributed by atoms with Gasteiger partial charge in [-0.25, -0.2) is 8.78 Å². The lowest BCUT2D eigenvalue weighted by Gasteiger charge is -2.42. The summed E-state index contributed by atoms with van der Waals surface area (Å²) in [4.78, 5) is 26.3. The van der Waals surface area contributed by atoms with E-state index in [1.54, 1.807) is 18.2 Å². The number of rotatable bonds is 1. The van der Waals surface area contributed by atoms with Gasteiger partial charge in [0.05, 0.1) is 11.3 Å². The van der Waals surface area contributed by atoms with Gasteiger partial charge >= 0.3 is 0 Å². The maximum Gasteiger partial charge on any atom is 0.255 e. The Kier molecular flexibility index (Phi) is 2.94. The molecule has 116 valence electrons. The summed E-state index contributed by atoms with van der Waals surface area (Å²) in [7, 11) is 0. The Balaban J connectivity index is 1.87. The summed E-state index contributed by atoms with van der Waals surface area (Å²) in [5.74, 6) is -2.26. The molecule has 0 bridgehead atoms. The van der Waals surface area contributed by atoms with Crippen molar-refractivity contribution < 1.29 is 18.4 Å². The average Bonchev–Trinajstić information content (AvgIpc) is 2.55. The fourth-order valence-electron chi connectivity index (χ4n) is 3.21. The third-order valence-corrected chi connectivity index (χ3v) is 4.29. The fraction of sp³-hybridized carbons (Fsp3) is 0.176. The summed E-state index contributed by atoms with van der Waals surface area (Å²) >= 11 is 0. The molecule has 23 heavy (non-hydrogen) atoms. The SMILES string of the molecule is O=C1CCN2c3c1cccc3C(=O)NC2c1ccc(F)c(F)c1. The molecule has 2 heterocycles. The minimum atomic E-state index is -0.969. The number of carbonyl (C=O) groups is 2. The van der Waals surface area contributed by atoms with Crippen LogP contribution in [0.2, 0.25) is 0 Å². The van der Waals surface area contributed by atoms with Crippen molar-refractivity contribution in [2.45, 2.75) is 12.6 Å². The first kappa shape index (κ1) is 13.9. The quantitative estimate of drug-likeness (QED) is 0.880. The van der Waals surface area contributed by atoms with Crippen LogP contribution in [0.1, 0.15) is 38.9 Å². The fourth-order valence-corrected chi connectivity index (χ4v) is 3.21. The van der Waals surface area contributed by atoms with E-state index in [1.165, 1.54) is 6.07 Å². The van der Waals surface area contributed by atoms with Crippen LogP contribution < -0.4 is 10.2 Å². The van der Waals surface area contributed by atoms with E-state index >= 15 is 0 Å². The predicted molar refractivity (Wildman–Crippen MR) is 79.3 cm³/mol. The number of ketones is 1. The number of hydrogen-bond donors (Lipinski definition) is 1. The molecule has 4 nitrogen and oxygen atoms in total. The molecule has 0 radical (unpaired) electrons. The van der Waals surface area contributed by atoms with Crippen molar-refractivity contribution in [1.29, 1.82) is 0 Å². The molecule has 0 fully saturated rings. The van der Waals surface area contributed by atoms with Crippen LogP contribution in [-0.4, -0.2) is 18.2 Å². The van der Waals surface area contributed by atoms with E-state index in [1.807, 2.05) is 4.90 Å². The van der Waals surface area contributed by atoms with Crippen LogP contribution in [-0.2, 0) is 0 Å². The standard InChI is InChI=1S/C17H12F2N2O2/c18-12-5-4-9(8-13(12)19)16-20-17(23)11-3-1-2-10-14(22)6-7-21(16)15(10)11/h1-5,8,16H,6-7H2,(H,20,23). The molecule has 6 heteroatoms. The van der Waals surface area contributed by atoms with Crippen LogP contribution in [0.15, 0.2) is 36.4 Å². The minimum absolute atomic E-state index is 0.0168. The lowest BCUT2D eigenvalue weighted by molar-refractivity contribution is 0.0921. The second kappa shape index (κ2) is 4.87. The van der Waals surface area contributed by atoms with Gasteiger partial charge in [0, 0.05) is 18.5 Å². The number of nitrogens with one attached hydrogen (secondary N) is 1. The lowest BCUT2D eigenvalue weighted by Crippen LogP contribution is -2.49. The molecule has 1 N–H and O–H groups in total. The van der Waals surface area contributed by atoms with Crippen molar-refractivity contribution in [3.05, 3.63) is 64.7 Å². The lowest BCUT2D eigenvalue weighted by atomic mass is 9.92. The van der Waals surface area contributed by atoms with Gasteiger partial charge in [0.25, 0.3) is 5.91 Å². The third kappa shape index (κ3) is 2.02. The van der Waals surface area contributed by atoms with E-state index in [0.717, 1.165) is 12.1 Å². The number of Topliss-reactive ketones (excluding diaryl/α,β-unsaturated/α-hetero) is 1. The number of amides is 1. The molecule has 2 aromatic carbocycles. The number of nitrogens with zero attached hydrogens (tertiary/aromatic N) is 1. The first-order chi connectivity index (χ1) is 11.1. The van der Waals surface area contributed by atoms with E-state index in [2.05, 4.69) is 5.32 Å². The highest BCUT2D eigenvalue weighted by Crippen LogP contribution is 2.39.